The minimum atomic E-state index is -3.75. The fourth-order valence-corrected chi connectivity index (χ4v) is 3.88. The van der Waals surface area contributed by atoms with E-state index in [-0.39, 0.29) is 10.8 Å². The molecular weight excluding hydrogens is 422 g/mol. The van der Waals surface area contributed by atoms with Crippen molar-refractivity contribution in [1.82, 2.24) is 5.32 Å². The molecule has 0 unspecified atom stereocenters. The molecule has 1 amide bonds. The summed E-state index contributed by atoms with van der Waals surface area (Å²) in [5.74, 6) is -0.246. The Kier molecular flexibility index (Phi) is 7.32. The van der Waals surface area contributed by atoms with E-state index >= 15 is 0 Å². The van der Waals surface area contributed by atoms with Gasteiger partial charge in [-0.3, -0.25) is 9.52 Å². The zero-order valence-corrected chi connectivity index (χ0v) is 17.7. The molecule has 0 spiro atoms. The number of halogens is 1. The lowest BCUT2D eigenvalue weighted by Crippen LogP contribution is -2.25. The Bertz CT molecular complexity index is 1070. The average molecular weight is 444 g/mol. The second-order valence-corrected chi connectivity index (χ2v) is 8.66. The average Bonchev–Trinajstić information content (AvgIpc) is 2.76. The number of hydrogen-bond acceptors (Lipinski definition) is 4. The first-order chi connectivity index (χ1) is 14.4. The van der Waals surface area contributed by atoms with E-state index in [2.05, 4.69) is 15.4 Å². The van der Waals surface area contributed by atoms with Gasteiger partial charge in [0, 0.05) is 35.1 Å². The highest BCUT2D eigenvalue weighted by molar-refractivity contribution is 7.92. The first-order valence-electron chi connectivity index (χ1n) is 9.40. The van der Waals surface area contributed by atoms with E-state index in [1.165, 1.54) is 24.3 Å². The molecule has 6 nitrogen and oxygen atoms in total. The molecule has 3 rings (SSSR count). The van der Waals surface area contributed by atoms with Gasteiger partial charge in [0.25, 0.3) is 15.9 Å². The van der Waals surface area contributed by atoms with Crippen molar-refractivity contribution in [1.29, 1.82) is 0 Å². The monoisotopic (exact) mass is 443 g/mol. The number of hydrogen-bond donors (Lipinski definition) is 3. The van der Waals surface area contributed by atoms with Gasteiger partial charge in [0.05, 0.1) is 4.90 Å². The highest BCUT2D eigenvalue weighted by atomic mass is 35.5. The Labute approximate surface area is 181 Å². The van der Waals surface area contributed by atoms with Crippen LogP contribution in [0.1, 0.15) is 16.8 Å². The maximum atomic E-state index is 12.5. The van der Waals surface area contributed by atoms with Gasteiger partial charge in [-0.25, -0.2) is 8.42 Å². The van der Waals surface area contributed by atoms with E-state index in [1.54, 1.807) is 24.3 Å². The zero-order valence-electron chi connectivity index (χ0n) is 16.1. The predicted molar refractivity (Wildman–Crippen MR) is 121 cm³/mol. The van der Waals surface area contributed by atoms with Crippen LogP contribution in [-0.4, -0.2) is 27.4 Å². The molecular formula is C22H22ClN3O3S. The van der Waals surface area contributed by atoms with Crippen molar-refractivity contribution >= 4 is 38.9 Å². The minimum Gasteiger partial charge on any atom is -0.385 e. The van der Waals surface area contributed by atoms with E-state index in [0.29, 0.717) is 22.8 Å². The number of rotatable bonds is 9. The van der Waals surface area contributed by atoms with Gasteiger partial charge in [-0.2, -0.15) is 0 Å². The van der Waals surface area contributed by atoms with E-state index in [9.17, 15) is 13.2 Å². The smallest absolute Gasteiger partial charge is 0.261 e. The number of benzene rings is 3. The lowest BCUT2D eigenvalue weighted by atomic mass is 10.2. The van der Waals surface area contributed by atoms with E-state index in [4.69, 9.17) is 11.6 Å². The van der Waals surface area contributed by atoms with Gasteiger partial charge in [-0.15, -0.1) is 0 Å². The van der Waals surface area contributed by atoms with Crippen LogP contribution in [0, 0.1) is 0 Å². The number of para-hydroxylation sites is 1. The molecule has 0 radical (unpaired) electrons. The van der Waals surface area contributed by atoms with Crippen LogP contribution in [0.25, 0.3) is 0 Å². The Morgan fingerprint density at radius 1 is 0.800 bits per heavy atom. The SMILES string of the molecule is O=C(NCCCNc1ccccc1)c1ccc(S(=O)(=O)Nc2ccc(Cl)cc2)cc1. The summed E-state index contributed by atoms with van der Waals surface area (Å²) in [5, 5.41) is 6.62. The molecule has 3 N–H and O–H groups in total. The van der Waals surface area contributed by atoms with Crippen LogP contribution in [0.4, 0.5) is 11.4 Å². The molecule has 8 heteroatoms. The van der Waals surface area contributed by atoms with Crippen LogP contribution in [0.5, 0.6) is 0 Å². The first-order valence-corrected chi connectivity index (χ1v) is 11.3. The van der Waals surface area contributed by atoms with Gasteiger partial charge in [0.1, 0.15) is 0 Å². The van der Waals surface area contributed by atoms with E-state index in [1.807, 2.05) is 30.3 Å². The van der Waals surface area contributed by atoms with Gasteiger partial charge in [0.15, 0.2) is 0 Å². The largest absolute Gasteiger partial charge is 0.385 e. The third-order valence-corrected chi connectivity index (χ3v) is 5.91. The zero-order chi connectivity index (χ0) is 21.4. The third kappa shape index (κ3) is 6.23. The predicted octanol–water partition coefficient (Wildman–Crippen LogP) is 4.37. The third-order valence-electron chi connectivity index (χ3n) is 4.27. The van der Waals surface area contributed by atoms with Crippen molar-refractivity contribution in [2.75, 3.05) is 23.1 Å². The van der Waals surface area contributed by atoms with Gasteiger partial charge in [-0.05, 0) is 67.1 Å². The number of anilines is 2. The maximum absolute atomic E-state index is 12.5. The van der Waals surface area contributed by atoms with Crippen LogP contribution in [0.15, 0.2) is 83.8 Å². The number of carbonyl (C=O) groups excluding carboxylic acids is 1. The Balaban J connectivity index is 1.49. The van der Waals surface area contributed by atoms with Crippen LogP contribution in [-0.2, 0) is 10.0 Å². The first kappa shape index (κ1) is 21.7. The van der Waals surface area contributed by atoms with Crippen molar-refractivity contribution in [2.24, 2.45) is 0 Å². The van der Waals surface area contributed by atoms with Crippen LogP contribution >= 0.6 is 11.6 Å². The van der Waals surface area contributed by atoms with Crippen molar-refractivity contribution in [2.45, 2.75) is 11.3 Å². The summed E-state index contributed by atoms with van der Waals surface area (Å²) in [6.07, 6.45) is 0.762. The van der Waals surface area contributed by atoms with E-state index in [0.717, 1.165) is 18.7 Å². The molecule has 0 saturated carbocycles. The number of sulfonamides is 1. The van der Waals surface area contributed by atoms with Crippen LogP contribution < -0.4 is 15.4 Å². The topological polar surface area (TPSA) is 87.3 Å². The summed E-state index contributed by atoms with van der Waals surface area (Å²) >= 11 is 5.81. The molecule has 0 aliphatic carbocycles. The molecule has 0 fully saturated rings. The van der Waals surface area contributed by atoms with Crippen LogP contribution in [0.2, 0.25) is 5.02 Å². The quantitative estimate of drug-likeness (QED) is 0.428. The Morgan fingerprint density at radius 2 is 1.47 bits per heavy atom. The molecule has 3 aromatic rings. The normalized spacial score (nSPS) is 11.0. The minimum absolute atomic E-state index is 0.0704. The highest BCUT2D eigenvalue weighted by Crippen LogP contribution is 2.18. The molecule has 3 aromatic carbocycles. The summed E-state index contributed by atoms with van der Waals surface area (Å²) in [6, 6.07) is 22.0. The number of nitrogens with one attached hydrogen (secondary N) is 3. The second kappa shape index (κ2) is 10.1. The Hall–Kier alpha value is -3.03. The number of carbonyl (C=O) groups is 1. The fourth-order valence-electron chi connectivity index (χ4n) is 2.70. The molecule has 156 valence electrons. The van der Waals surface area contributed by atoms with Gasteiger partial charge in [-0.1, -0.05) is 29.8 Å². The highest BCUT2D eigenvalue weighted by Gasteiger charge is 2.15. The van der Waals surface area contributed by atoms with Crippen molar-refractivity contribution in [3.8, 4) is 0 Å². The molecule has 0 saturated heterocycles. The van der Waals surface area contributed by atoms with Gasteiger partial charge < -0.3 is 10.6 Å². The summed E-state index contributed by atoms with van der Waals surface area (Å²) in [5.41, 5.74) is 1.84. The molecule has 30 heavy (non-hydrogen) atoms. The lowest BCUT2D eigenvalue weighted by Gasteiger charge is -2.10. The standard InChI is InChI=1S/C22H22ClN3O3S/c23-18-9-11-20(12-10-18)26-30(28,29)21-13-7-17(8-14-21)22(27)25-16-4-15-24-19-5-2-1-3-6-19/h1-3,5-14,24,26H,4,15-16H2,(H,25,27). The molecule has 0 aromatic heterocycles. The van der Waals surface area contributed by atoms with Gasteiger partial charge >= 0.3 is 0 Å². The van der Waals surface area contributed by atoms with Gasteiger partial charge in [0.2, 0.25) is 0 Å². The van der Waals surface area contributed by atoms with Crippen molar-refractivity contribution in [3.63, 3.8) is 0 Å². The maximum Gasteiger partial charge on any atom is 0.261 e. The molecule has 0 heterocycles. The number of amides is 1. The van der Waals surface area contributed by atoms with Crippen LogP contribution in [0.3, 0.4) is 0 Å². The molecule has 0 aliphatic rings. The summed E-state index contributed by atoms with van der Waals surface area (Å²) in [7, 11) is -3.75. The molecule has 0 atom stereocenters. The summed E-state index contributed by atoms with van der Waals surface area (Å²) in [6.45, 7) is 1.24. The summed E-state index contributed by atoms with van der Waals surface area (Å²) < 4.78 is 27.4. The molecule has 0 aliphatic heterocycles. The van der Waals surface area contributed by atoms with E-state index < -0.39 is 10.0 Å². The second-order valence-electron chi connectivity index (χ2n) is 6.54. The van der Waals surface area contributed by atoms with Crippen molar-refractivity contribution < 1.29 is 13.2 Å². The van der Waals surface area contributed by atoms with Crippen molar-refractivity contribution in [3.05, 3.63) is 89.4 Å². The fraction of sp³-hybridized carbons (Fsp3) is 0.136. The summed E-state index contributed by atoms with van der Waals surface area (Å²) in [4.78, 5) is 12.3. The lowest BCUT2D eigenvalue weighted by molar-refractivity contribution is 0.0953. The Morgan fingerprint density at radius 3 is 2.13 bits per heavy atom. The molecule has 0 bridgehead atoms.